The summed E-state index contributed by atoms with van der Waals surface area (Å²) in [6, 6.07) is 11.3. The monoisotopic (exact) mass is 505 g/mol. The molecule has 0 radical (unpaired) electrons. The van der Waals surface area contributed by atoms with Gasteiger partial charge in [-0.05, 0) is 48.1 Å². The number of aromatic nitrogens is 1. The Bertz CT molecular complexity index is 1140. The van der Waals surface area contributed by atoms with Crippen molar-refractivity contribution in [2.75, 3.05) is 13.1 Å². The van der Waals surface area contributed by atoms with Gasteiger partial charge in [-0.3, -0.25) is 9.69 Å². The molecule has 1 aliphatic heterocycles. The quantitative estimate of drug-likeness (QED) is 0.350. The third kappa shape index (κ3) is 6.89. The summed E-state index contributed by atoms with van der Waals surface area (Å²) in [6.45, 7) is 4.61. The number of benzene rings is 2. The van der Waals surface area contributed by atoms with E-state index in [0.29, 0.717) is 35.3 Å². The van der Waals surface area contributed by atoms with Crippen molar-refractivity contribution in [2.24, 2.45) is 5.92 Å². The van der Waals surface area contributed by atoms with E-state index in [2.05, 4.69) is 11.9 Å². The van der Waals surface area contributed by atoms with Crippen LogP contribution < -0.4 is 0 Å². The highest BCUT2D eigenvalue weighted by molar-refractivity contribution is 7.09. The van der Waals surface area contributed by atoms with Crippen LogP contribution in [0.4, 0.5) is 17.6 Å². The van der Waals surface area contributed by atoms with Crippen LogP contribution in [0.15, 0.2) is 53.9 Å². The normalized spacial score (nSPS) is 15.1. The number of likely N-dealkylation sites (tertiary alicyclic amines) is 1. The topological polar surface area (TPSA) is 36.4 Å². The summed E-state index contributed by atoms with van der Waals surface area (Å²) >= 11 is 1.36. The molecule has 0 unspecified atom stereocenters. The van der Waals surface area contributed by atoms with Crippen molar-refractivity contribution in [3.05, 3.63) is 87.1 Å². The third-order valence-electron chi connectivity index (χ3n) is 6.18. The molecule has 1 aromatic heterocycles. The molecule has 186 valence electrons. The van der Waals surface area contributed by atoms with Crippen LogP contribution in [0.25, 0.3) is 0 Å². The van der Waals surface area contributed by atoms with Crippen LogP contribution in [0.5, 0.6) is 0 Å². The van der Waals surface area contributed by atoms with Gasteiger partial charge >= 0.3 is 6.18 Å². The average Bonchev–Trinajstić information content (AvgIpc) is 3.29. The maximum Gasteiger partial charge on any atom is 0.416 e. The van der Waals surface area contributed by atoms with E-state index in [0.717, 1.165) is 43.6 Å². The molecule has 1 saturated heterocycles. The smallest absolute Gasteiger partial charge is 0.337 e. The molecule has 0 bridgehead atoms. The molecule has 0 aliphatic carbocycles. The maximum atomic E-state index is 13.4. The minimum absolute atomic E-state index is 0.0811. The lowest BCUT2D eigenvalue weighted by Crippen LogP contribution is -2.38. The van der Waals surface area contributed by atoms with Crippen molar-refractivity contribution in [1.82, 2.24) is 14.8 Å². The first kappa shape index (κ1) is 25.3. The summed E-state index contributed by atoms with van der Waals surface area (Å²) in [5, 5.41) is 2.45. The Hall–Kier alpha value is -2.78. The van der Waals surface area contributed by atoms with Crippen LogP contribution in [0.3, 0.4) is 0 Å². The maximum absolute atomic E-state index is 13.4. The molecule has 1 amide bonds. The van der Waals surface area contributed by atoms with Gasteiger partial charge < -0.3 is 4.90 Å². The number of carbonyl (C=O) groups excluding carboxylic acids is 1. The first-order chi connectivity index (χ1) is 16.7. The predicted octanol–water partition coefficient (Wildman–Crippen LogP) is 6.38. The van der Waals surface area contributed by atoms with Gasteiger partial charge in [-0.1, -0.05) is 37.3 Å². The summed E-state index contributed by atoms with van der Waals surface area (Å²) in [4.78, 5) is 21.2. The van der Waals surface area contributed by atoms with Crippen molar-refractivity contribution in [1.29, 1.82) is 0 Å². The van der Waals surface area contributed by atoms with Crippen LogP contribution in [0.2, 0.25) is 0 Å². The van der Waals surface area contributed by atoms with E-state index in [4.69, 9.17) is 0 Å². The Kier molecular flexibility index (Phi) is 7.86. The van der Waals surface area contributed by atoms with Crippen LogP contribution in [0, 0.1) is 11.7 Å². The van der Waals surface area contributed by atoms with Crippen molar-refractivity contribution in [3.63, 3.8) is 0 Å². The second-order valence-corrected chi connectivity index (χ2v) is 10.0. The molecule has 2 heterocycles. The fourth-order valence-corrected chi connectivity index (χ4v) is 4.98. The second-order valence-electron chi connectivity index (χ2n) is 9.07. The lowest BCUT2D eigenvalue weighted by atomic mass is 9.99. The molecule has 35 heavy (non-hydrogen) atoms. The van der Waals surface area contributed by atoms with E-state index in [-0.39, 0.29) is 18.3 Å². The van der Waals surface area contributed by atoms with E-state index in [1.165, 1.54) is 29.5 Å². The first-order valence-electron chi connectivity index (χ1n) is 11.5. The van der Waals surface area contributed by atoms with Crippen LogP contribution >= 0.6 is 11.3 Å². The van der Waals surface area contributed by atoms with E-state index >= 15 is 0 Å². The molecule has 0 N–H and O–H groups in total. The molecule has 9 heteroatoms. The van der Waals surface area contributed by atoms with Gasteiger partial charge in [0.25, 0.3) is 5.91 Å². The van der Waals surface area contributed by atoms with E-state index in [1.54, 1.807) is 23.6 Å². The number of piperidine rings is 1. The molecule has 4 rings (SSSR count). The Labute approximate surface area is 206 Å². The van der Waals surface area contributed by atoms with Gasteiger partial charge in [-0.15, -0.1) is 11.3 Å². The highest BCUT2D eigenvalue weighted by Crippen LogP contribution is 2.30. The first-order valence-corrected chi connectivity index (χ1v) is 12.4. The number of rotatable bonds is 7. The minimum atomic E-state index is -4.42. The van der Waals surface area contributed by atoms with Gasteiger partial charge in [-0.2, -0.15) is 13.2 Å². The van der Waals surface area contributed by atoms with Crippen LogP contribution in [0.1, 0.15) is 52.0 Å². The highest BCUT2D eigenvalue weighted by Gasteiger charge is 2.30. The fourth-order valence-electron chi connectivity index (χ4n) is 4.17. The molecule has 2 aromatic carbocycles. The summed E-state index contributed by atoms with van der Waals surface area (Å²) < 4.78 is 53.0. The number of carbonyl (C=O) groups is 1. The van der Waals surface area contributed by atoms with Crippen molar-refractivity contribution < 1.29 is 22.4 Å². The molecule has 0 atom stereocenters. The number of hydrogen-bond acceptors (Lipinski definition) is 4. The Morgan fingerprint density at radius 1 is 1.06 bits per heavy atom. The molecule has 0 spiro atoms. The molecule has 4 nitrogen and oxygen atoms in total. The Morgan fingerprint density at radius 3 is 2.43 bits per heavy atom. The molecule has 0 saturated carbocycles. The molecular formula is C26H27F4N3OS. The standard InChI is InChI=1S/C26H27F4N3OS/c1-18-9-11-33(12-10-18)25(34)23-17-35-24(31-23)16-32(14-19-5-7-22(27)8-6-19)15-20-3-2-4-21(13-20)26(28,29)30/h2-8,13,17-18H,9-12,14-16H2,1H3. The van der Waals surface area contributed by atoms with Gasteiger partial charge in [0.2, 0.25) is 0 Å². The lowest BCUT2D eigenvalue weighted by molar-refractivity contribution is -0.137. The fraction of sp³-hybridized carbons (Fsp3) is 0.385. The third-order valence-corrected chi connectivity index (χ3v) is 7.01. The molecule has 1 fully saturated rings. The zero-order chi connectivity index (χ0) is 25.0. The van der Waals surface area contributed by atoms with E-state index in [1.807, 2.05) is 9.80 Å². The minimum Gasteiger partial charge on any atom is -0.337 e. The molecule has 1 aliphatic rings. The molecule has 3 aromatic rings. The number of alkyl halides is 3. The molecular weight excluding hydrogens is 478 g/mol. The highest BCUT2D eigenvalue weighted by atomic mass is 32.1. The second kappa shape index (κ2) is 10.9. The summed E-state index contributed by atoms with van der Waals surface area (Å²) in [5.74, 6) is 0.177. The van der Waals surface area contributed by atoms with Crippen LogP contribution in [-0.4, -0.2) is 33.8 Å². The van der Waals surface area contributed by atoms with Crippen molar-refractivity contribution in [2.45, 2.75) is 45.6 Å². The summed E-state index contributed by atoms with van der Waals surface area (Å²) in [6.07, 6.45) is -2.47. The van der Waals surface area contributed by atoms with Crippen LogP contribution in [-0.2, 0) is 25.8 Å². The van der Waals surface area contributed by atoms with E-state index < -0.39 is 11.7 Å². The van der Waals surface area contributed by atoms with Gasteiger partial charge in [0.1, 0.15) is 16.5 Å². The predicted molar refractivity (Wildman–Crippen MR) is 127 cm³/mol. The Morgan fingerprint density at radius 2 is 1.74 bits per heavy atom. The van der Waals surface area contributed by atoms with Gasteiger partial charge in [0, 0.05) is 31.6 Å². The van der Waals surface area contributed by atoms with Gasteiger partial charge in [0.05, 0.1) is 12.1 Å². The van der Waals surface area contributed by atoms with Crippen molar-refractivity contribution in [3.8, 4) is 0 Å². The number of halogens is 4. The van der Waals surface area contributed by atoms with Gasteiger partial charge in [0.15, 0.2) is 0 Å². The summed E-state index contributed by atoms with van der Waals surface area (Å²) in [7, 11) is 0. The number of thiazole rings is 1. The average molecular weight is 506 g/mol. The zero-order valence-corrected chi connectivity index (χ0v) is 20.2. The number of hydrogen-bond donors (Lipinski definition) is 0. The zero-order valence-electron chi connectivity index (χ0n) is 19.4. The van der Waals surface area contributed by atoms with E-state index in [9.17, 15) is 22.4 Å². The number of nitrogens with zero attached hydrogens (tertiary/aromatic N) is 3. The number of amides is 1. The SMILES string of the molecule is CC1CCN(C(=O)c2csc(CN(Cc3ccc(F)cc3)Cc3cccc(C(F)(F)F)c3)n2)CC1. The largest absolute Gasteiger partial charge is 0.416 e. The lowest BCUT2D eigenvalue weighted by Gasteiger charge is -2.29. The van der Waals surface area contributed by atoms with Crippen molar-refractivity contribution >= 4 is 17.2 Å². The van der Waals surface area contributed by atoms with Gasteiger partial charge in [-0.25, -0.2) is 9.37 Å². The Balaban J connectivity index is 1.51. The summed E-state index contributed by atoms with van der Waals surface area (Å²) in [5.41, 5.74) is 1.04.